The lowest BCUT2D eigenvalue weighted by Gasteiger charge is -2.00. The molecule has 0 amide bonds. The van der Waals surface area contributed by atoms with Crippen LogP contribution in [0.5, 0.6) is 0 Å². The van der Waals surface area contributed by atoms with Gasteiger partial charge in [0.05, 0.1) is 12.2 Å². The smallest absolute Gasteiger partial charge is 0.152 e. The SMILES string of the molecule is Cn1ccc(Cn2ncnc2CO)n1. The van der Waals surface area contributed by atoms with E-state index in [1.807, 2.05) is 19.3 Å². The lowest BCUT2D eigenvalue weighted by atomic mass is 10.4. The second-order valence-electron chi connectivity index (χ2n) is 2.97. The predicted octanol–water partition coefficient (Wildman–Crippen LogP) is -0.448. The van der Waals surface area contributed by atoms with Crippen LogP contribution in [0.25, 0.3) is 0 Å². The Labute approximate surface area is 80.8 Å². The van der Waals surface area contributed by atoms with Crippen molar-refractivity contribution < 1.29 is 5.11 Å². The first kappa shape index (κ1) is 8.89. The van der Waals surface area contributed by atoms with Gasteiger partial charge in [-0.2, -0.15) is 10.2 Å². The highest BCUT2D eigenvalue weighted by Gasteiger charge is 2.04. The van der Waals surface area contributed by atoms with E-state index in [0.29, 0.717) is 12.4 Å². The Morgan fingerprint density at radius 1 is 1.50 bits per heavy atom. The van der Waals surface area contributed by atoms with E-state index in [1.165, 1.54) is 6.33 Å². The molecule has 14 heavy (non-hydrogen) atoms. The van der Waals surface area contributed by atoms with E-state index >= 15 is 0 Å². The van der Waals surface area contributed by atoms with Crippen molar-refractivity contribution in [3.05, 3.63) is 30.1 Å². The molecule has 0 saturated carbocycles. The van der Waals surface area contributed by atoms with Crippen molar-refractivity contribution >= 4 is 0 Å². The van der Waals surface area contributed by atoms with Crippen LogP contribution in [0.1, 0.15) is 11.5 Å². The fraction of sp³-hybridized carbons (Fsp3) is 0.375. The van der Waals surface area contributed by atoms with Crippen molar-refractivity contribution in [3.8, 4) is 0 Å². The van der Waals surface area contributed by atoms with Gasteiger partial charge in [-0.3, -0.25) is 4.68 Å². The van der Waals surface area contributed by atoms with Gasteiger partial charge in [-0.05, 0) is 6.07 Å². The molecule has 2 heterocycles. The largest absolute Gasteiger partial charge is 0.388 e. The molecule has 0 aliphatic heterocycles. The van der Waals surface area contributed by atoms with Crippen LogP contribution in [0.15, 0.2) is 18.6 Å². The van der Waals surface area contributed by atoms with Crippen LogP contribution in [-0.2, 0) is 20.2 Å². The van der Waals surface area contributed by atoms with Crippen molar-refractivity contribution in [1.29, 1.82) is 0 Å². The van der Waals surface area contributed by atoms with E-state index in [4.69, 9.17) is 5.11 Å². The molecule has 0 aliphatic rings. The lowest BCUT2D eigenvalue weighted by molar-refractivity contribution is 0.263. The summed E-state index contributed by atoms with van der Waals surface area (Å²) in [6, 6.07) is 1.91. The molecule has 0 unspecified atom stereocenters. The van der Waals surface area contributed by atoms with Gasteiger partial charge in [0.1, 0.15) is 12.9 Å². The van der Waals surface area contributed by atoms with Gasteiger partial charge in [-0.25, -0.2) is 9.67 Å². The van der Waals surface area contributed by atoms with Gasteiger partial charge in [0.2, 0.25) is 0 Å². The van der Waals surface area contributed by atoms with E-state index in [0.717, 1.165) is 5.69 Å². The first-order chi connectivity index (χ1) is 6.79. The average Bonchev–Trinajstić information content (AvgIpc) is 2.76. The molecule has 0 spiro atoms. The Balaban J connectivity index is 2.18. The summed E-state index contributed by atoms with van der Waals surface area (Å²) in [6.45, 7) is 0.434. The third-order valence-corrected chi connectivity index (χ3v) is 1.92. The minimum Gasteiger partial charge on any atom is -0.388 e. The Bertz CT molecular complexity index is 419. The molecule has 0 radical (unpaired) electrons. The summed E-state index contributed by atoms with van der Waals surface area (Å²) in [5.74, 6) is 0.552. The molecule has 74 valence electrons. The highest BCUT2D eigenvalue weighted by molar-refractivity contribution is 5.00. The maximum atomic E-state index is 8.94. The molecule has 0 saturated heterocycles. The highest BCUT2D eigenvalue weighted by Crippen LogP contribution is 2.00. The molecule has 6 nitrogen and oxygen atoms in total. The van der Waals surface area contributed by atoms with Gasteiger partial charge >= 0.3 is 0 Å². The fourth-order valence-electron chi connectivity index (χ4n) is 1.24. The number of hydrogen-bond acceptors (Lipinski definition) is 4. The quantitative estimate of drug-likeness (QED) is 0.717. The molecule has 6 heteroatoms. The van der Waals surface area contributed by atoms with Crippen molar-refractivity contribution in [3.63, 3.8) is 0 Å². The summed E-state index contributed by atoms with van der Waals surface area (Å²) >= 11 is 0. The van der Waals surface area contributed by atoms with Gasteiger partial charge in [0.15, 0.2) is 5.82 Å². The van der Waals surface area contributed by atoms with Crippen molar-refractivity contribution in [2.45, 2.75) is 13.2 Å². The zero-order chi connectivity index (χ0) is 9.97. The molecule has 0 atom stereocenters. The Hall–Kier alpha value is -1.69. The summed E-state index contributed by atoms with van der Waals surface area (Å²) in [4.78, 5) is 3.90. The maximum Gasteiger partial charge on any atom is 0.152 e. The van der Waals surface area contributed by atoms with E-state index in [2.05, 4.69) is 15.2 Å². The second-order valence-corrected chi connectivity index (χ2v) is 2.97. The standard InChI is InChI=1S/C8H11N5O/c1-12-3-2-7(11-12)4-13-8(5-14)9-6-10-13/h2-3,6,14H,4-5H2,1H3. The van der Waals surface area contributed by atoms with Gasteiger partial charge in [0, 0.05) is 13.2 Å². The molecule has 0 fully saturated rings. The third-order valence-electron chi connectivity index (χ3n) is 1.92. The molecule has 1 N–H and O–H groups in total. The van der Waals surface area contributed by atoms with Crippen molar-refractivity contribution in [2.24, 2.45) is 7.05 Å². The number of aliphatic hydroxyl groups is 1. The summed E-state index contributed by atoms with van der Waals surface area (Å²) in [7, 11) is 1.86. The molecular weight excluding hydrogens is 182 g/mol. The lowest BCUT2D eigenvalue weighted by Crippen LogP contribution is -2.07. The van der Waals surface area contributed by atoms with Crippen LogP contribution < -0.4 is 0 Å². The Morgan fingerprint density at radius 3 is 3.00 bits per heavy atom. The molecule has 0 aromatic carbocycles. The van der Waals surface area contributed by atoms with E-state index in [9.17, 15) is 0 Å². The summed E-state index contributed by atoms with van der Waals surface area (Å²) in [6.07, 6.45) is 3.29. The van der Waals surface area contributed by atoms with Crippen LogP contribution in [0.2, 0.25) is 0 Å². The van der Waals surface area contributed by atoms with E-state index in [1.54, 1.807) is 9.36 Å². The summed E-state index contributed by atoms with van der Waals surface area (Å²) < 4.78 is 3.35. The first-order valence-electron chi connectivity index (χ1n) is 4.25. The number of nitrogens with zero attached hydrogens (tertiary/aromatic N) is 5. The van der Waals surface area contributed by atoms with Crippen LogP contribution in [0.3, 0.4) is 0 Å². The van der Waals surface area contributed by atoms with E-state index in [-0.39, 0.29) is 6.61 Å². The third kappa shape index (κ3) is 1.64. The fourth-order valence-corrected chi connectivity index (χ4v) is 1.24. The molecule has 0 bridgehead atoms. The number of hydrogen-bond donors (Lipinski definition) is 1. The van der Waals surface area contributed by atoms with Crippen molar-refractivity contribution in [2.75, 3.05) is 0 Å². The Kier molecular flexibility index (Phi) is 2.28. The zero-order valence-electron chi connectivity index (χ0n) is 7.83. The maximum absolute atomic E-state index is 8.94. The summed E-state index contributed by atoms with van der Waals surface area (Å²) in [5.41, 5.74) is 0.896. The zero-order valence-corrected chi connectivity index (χ0v) is 7.83. The normalized spacial score (nSPS) is 10.7. The monoisotopic (exact) mass is 193 g/mol. The molecular formula is C8H11N5O. The minimum atomic E-state index is -0.104. The van der Waals surface area contributed by atoms with E-state index < -0.39 is 0 Å². The summed E-state index contributed by atoms with van der Waals surface area (Å²) in [5, 5.41) is 17.1. The van der Waals surface area contributed by atoms with Gasteiger partial charge in [-0.1, -0.05) is 0 Å². The van der Waals surface area contributed by atoms with Gasteiger partial charge < -0.3 is 5.11 Å². The highest BCUT2D eigenvalue weighted by atomic mass is 16.3. The van der Waals surface area contributed by atoms with Crippen LogP contribution >= 0.6 is 0 Å². The van der Waals surface area contributed by atoms with Gasteiger partial charge in [0.25, 0.3) is 0 Å². The second kappa shape index (κ2) is 3.59. The number of aryl methyl sites for hydroxylation is 1. The molecule has 2 aromatic rings. The average molecular weight is 193 g/mol. The molecule has 2 aromatic heterocycles. The van der Waals surface area contributed by atoms with Crippen molar-refractivity contribution in [1.82, 2.24) is 24.5 Å². The predicted molar refractivity (Wildman–Crippen MR) is 48.3 cm³/mol. The van der Waals surface area contributed by atoms with Crippen LogP contribution in [-0.4, -0.2) is 29.7 Å². The molecule has 2 rings (SSSR count). The number of aliphatic hydroxyl groups excluding tert-OH is 1. The first-order valence-corrected chi connectivity index (χ1v) is 4.25. The number of rotatable bonds is 3. The van der Waals surface area contributed by atoms with Crippen LogP contribution in [0.4, 0.5) is 0 Å². The topological polar surface area (TPSA) is 68.8 Å². The minimum absolute atomic E-state index is 0.104. The molecule has 0 aliphatic carbocycles. The Morgan fingerprint density at radius 2 is 2.36 bits per heavy atom. The van der Waals surface area contributed by atoms with Gasteiger partial charge in [-0.15, -0.1) is 0 Å². The number of aromatic nitrogens is 5. The van der Waals surface area contributed by atoms with Crippen LogP contribution in [0, 0.1) is 0 Å².